The van der Waals surface area contributed by atoms with Crippen LogP contribution in [0.15, 0.2) is 12.1 Å². The van der Waals surface area contributed by atoms with Crippen molar-refractivity contribution in [3.8, 4) is 0 Å². The van der Waals surface area contributed by atoms with E-state index in [4.69, 9.17) is 4.74 Å². The standard InChI is InChI=1S/C13H15FN2O3/c1-7(19-2)13(18)16-11-6-10-8(5-9(11)14)3-4-12(17)15-10/h5-7H,3-4H2,1-2H3,(H,15,17)(H,16,18). The van der Waals surface area contributed by atoms with E-state index in [0.29, 0.717) is 18.5 Å². The molecule has 1 aliphatic rings. The van der Waals surface area contributed by atoms with E-state index in [2.05, 4.69) is 10.6 Å². The van der Waals surface area contributed by atoms with Crippen molar-refractivity contribution < 1.29 is 18.7 Å². The van der Waals surface area contributed by atoms with Crippen LogP contribution in [0.25, 0.3) is 0 Å². The van der Waals surface area contributed by atoms with Crippen LogP contribution in [0.2, 0.25) is 0 Å². The number of halogens is 1. The summed E-state index contributed by atoms with van der Waals surface area (Å²) in [5, 5.41) is 5.09. The summed E-state index contributed by atoms with van der Waals surface area (Å²) in [4.78, 5) is 22.9. The second kappa shape index (κ2) is 5.36. The van der Waals surface area contributed by atoms with Gasteiger partial charge in [-0.05, 0) is 31.0 Å². The van der Waals surface area contributed by atoms with Gasteiger partial charge in [-0.25, -0.2) is 4.39 Å². The molecule has 2 amide bonds. The number of carbonyl (C=O) groups is 2. The number of methoxy groups -OCH3 is 1. The summed E-state index contributed by atoms with van der Waals surface area (Å²) >= 11 is 0. The molecule has 0 fully saturated rings. The van der Waals surface area contributed by atoms with E-state index < -0.39 is 17.8 Å². The molecule has 0 aromatic heterocycles. The summed E-state index contributed by atoms with van der Waals surface area (Å²) in [7, 11) is 1.40. The summed E-state index contributed by atoms with van der Waals surface area (Å²) in [6.07, 6.45) is 0.171. The molecule has 6 heteroatoms. The first-order chi connectivity index (χ1) is 9.01. The van der Waals surface area contributed by atoms with Gasteiger partial charge in [-0.15, -0.1) is 0 Å². The van der Waals surface area contributed by atoms with Gasteiger partial charge >= 0.3 is 0 Å². The van der Waals surface area contributed by atoms with E-state index in [1.54, 1.807) is 6.92 Å². The highest BCUT2D eigenvalue weighted by atomic mass is 19.1. The van der Waals surface area contributed by atoms with Gasteiger partial charge < -0.3 is 15.4 Å². The molecule has 0 spiro atoms. The fourth-order valence-corrected chi connectivity index (χ4v) is 1.84. The van der Waals surface area contributed by atoms with Crippen LogP contribution in [0.1, 0.15) is 18.9 Å². The van der Waals surface area contributed by atoms with Gasteiger partial charge in [0.2, 0.25) is 5.91 Å². The molecule has 0 bridgehead atoms. The van der Waals surface area contributed by atoms with Crippen molar-refractivity contribution in [2.45, 2.75) is 25.9 Å². The highest BCUT2D eigenvalue weighted by Gasteiger charge is 2.19. The highest BCUT2D eigenvalue weighted by molar-refractivity contribution is 5.97. The number of anilines is 2. The maximum Gasteiger partial charge on any atom is 0.253 e. The summed E-state index contributed by atoms with van der Waals surface area (Å²) in [5.41, 5.74) is 1.31. The number of amides is 2. The second-order valence-electron chi connectivity index (χ2n) is 4.40. The van der Waals surface area contributed by atoms with Crippen molar-refractivity contribution in [2.75, 3.05) is 17.7 Å². The topological polar surface area (TPSA) is 67.4 Å². The summed E-state index contributed by atoms with van der Waals surface area (Å²) < 4.78 is 18.7. The zero-order chi connectivity index (χ0) is 14.0. The van der Waals surface area contributed by atoms with Crippen LogP contribution in [0.5, 0.6) is 0 Å². The lowest BCUT2D eigenvalue weighted by Gasteiger charge is -2.19. The van der Waals surface area contributed by atoms with Crippen LogP contribution in [-0.4, -0.2) is 25.0 Å². The number of hydrogen-bond donors (Lipinski definition) is 2. The Bertz CT molecular complexity index is 531. The van der Waals surface area contributed by atoms with Crippen molar-refractivity contribution in [1.82, 2.24) is 0 Å². The number of ether oxygens (including phenoxy) is 1. The van der Waals surface area contributed by atoms with Crippen LogP contribution < -0.4 is 10.6 Å². The third-order valence-electron chi connectivity index (χ3n) is 3.07. The Morgan fingerprint density at radius 1 is 1.47 bits per heavy atom. The second-order valence-corrected chi connectivity index (χ2v) is 4.40. The molecule has 19 heavy (non-hydrogen) atoms. The largest absolute Gasteiger partial charge is 0.372 e. The lowest BCUT2D eigenvalue weighted by Crippen LogP contribution is -2.27. The molecule has 5 nitrogen and oxygen atoms in total. The van der Waals surface area contributed by atoms with Gasteiger partial charge in [0.15, 0.2) is 0 Å². The number of carbonyl (C=O) groups excluding carboxylic acids is 2. The molecule has 102 valence electrons. The monoisotopic (exact) mass is 266 g/mol. The number of fused-ring (bicyclic) bond motifs is 1. The Hall–Kier alpha value is -1.95. The smallest absolute Gasteiger partial charge is 0.253 e. The Kier molecular flexibility index (Phi) is 3.80. The van der Waals surface area contributed by atoms with Crippen LogP contribution in [0, 0.1) is 5.82 Å². The predicted octanol–water partition coefficient (Wildman–Crippen LogP) is 1.68. The van der Waals surface area contributed by atoms with Crippen LogP contribution in [0.3, 0.4) is 0 Å². The van der Waals surface area contributed by atoms with Gasteiger partial charge in [-0.2, -0.15) is 0 Å². The zero-order valence-electron chi connectivity index (χ0n) is 10.7. The predicted molar refractivity (Wildman–Crippen MR) is 68.5 cm³/mol. The van der Waals surface area contributed by atoms with Crippen molar-refractivity contribution in [3.63, 3.8) is 0 Å². The lowest BCUT2D eigenvalue weighted by molar-refractivity contribution is -0.124. The summed E-state index contributed by atoms with van der Waals surface area (Å²) in [6, 6.07) is 2.77. The molecular weight excluding hydrogens is 251 g/mol. The Morgan fingerprint density at radius 2 is 2.21 bits per heavy atom. The molecule has 1 aliphatic heterocycles. The number of rotatable bonds is 3. The molecule has 1 aromatic rings. The number of nitrogens with one attached hydrogen (secondary N) is 2. The van der Waals surface area contributed by atoms with Crippen molar-refractivity contribution in [2.24, 2.45) is 0 Å². The minimum absolute atomic E-state index is 0.0369. The van der Waals surface area contributed by atoms with E-state index in [-0.39, 0.29) is 11.6 Å². The van der Waals surface area contributed by atoms with E-state index in [1.165, 1.54) is 19.2 Å². The molecule has 1 heterocycles. The SMILES string of the molecule is COC(C)C(=O)Nc1cc2c(cc1F)CCC(=O)N2. The number of aryl methyl sites for hydroxylation is 1. The maximum atomic E-state index is 13.8. The van der Waals surface area contributed by atoms with Crippen LogP contribution in [-0.2, 0) is 20.7 Å². The van der Waals surface area contributed by atoms with E-state index >= 15 is 0 Å². The molecule has 0 radical (unpaired) electrons. The lowest BCUT2D eigenvalue weighted by atomic mass is 10.0. The zero-order valence-corrected chi connectivity index (χ0v) is 10.7. The van der Waals surface area contributed by atoms with Gasteiger partial charge in [0.05, 0.1) is 5.69 Å². The van der Waals surface area contributed by atoms with Gasteiger partial charge in [0.1, 0.15) is 11.9 Å². The normalized spacial score (nSPS) is 15.4. The summed E-state index contributed by atoms with van der Waals surface area (Å²) in [6.45, 7) is 1.56. The molecule has 2 N–H and O–H groups in total. The molecule has 0 saturated carbocycles. The molecule has 0 aliphatic carbocycles. The average molecular weight is 266 g/mol. The van der Waals surface area contributed by atoms with Crippen LogP contribution in [0.4, 0.5) is 15.8 Å². The Labute approximate surface area is 110 Å². The molecule has 1 unspecified atom stereocenters. The van der Waals surface area contributed by atoms with Gasteiger partial charge in [0, 0.05) is 19.2 Å². The van der Waals surface area contributed by atoms with E-state index in [9.17, 15) is 14.0 Å². The fourth-order valence-electron chi connectivity index (χ4n) is 1.84. The maximum absolute atomic E-state index is 13.8. The first kappa shape index (κ1) is 13.5. The Balaban J connectivity index is 2.24. The molecule has 0 saturated heterocycles. The Morgan fingerprint density at radius 3 is 2.89 bits per heavy atom. The average Bonchev–Trinajstić information content (AvgIpc) is 2.39. The highest BCUT2D eigenvalue weighted by Crippen LogP contribution is 2.28. The van der Waals surface area contributed by atoms with Crippen molar-refractivity contribution >= 4 is 23.2 Å². The first-order valence-electron chi connectivity index (χ1n) is 5.97. The number of benzene rings is 1. The minimum Gasteiger partial charge on any atom is -0.372 e. The minimum atomic E-state index is -0.676. The summed E-state index contributed by atoms with van der Waals surface area (Å²) in [5.74, 6) is -1.07. The third kappa shape index (κ3) is 2.90. The van der Waals surface area contributed by atoms with E-state index in [0.717, 1.165) is 5.56 Å². The first-order valence-corrected chi connectivity index (χ1v) is 5.97. The van der Waals surface area contributed by atoms with Gasteiger partial charge in [-0.3, -0.25) is 9.59 Å². The molecule has 1 aromatic carbocycles. The molecule has 1 atom stereocenters. The third-order valence-corrected chi connectivity index (χ3v) is 3.07. The van der Waals surface area contributed by atoms with Crippen molar-refractivity contribution in [3.05, 3.63) is 23.5 Å². The van der Waals surface area contributed by atoms with Crippen molar-refractivity contribution in [1.29, 1.82) is 0 Å². The molecule has 2 rings (SSSR count). The van der Waals surface area contributed by atoms with E-state index in [1.807, 2.05) is 0 Å². The quantitative estimate of drug-likeness (QED) is 0.874. The van der Waals surface area contributed by atoms with Crippen LogP contribution >= 0.6 is 0 Å². The fraction of sp³-hybridized carbons (Fsp3) is 0.385. The number of hydrogen-bond acceptors (Lipinski definition) is 3. The molecular formula is C13H15FN2O3. The van der Waals surface area contributed by atoms with Gasteiger partial charge in [-0.1, -0.05) is 0 Å². The van der Waals surface area contributed by atoms with Gasteiger partial charge in [0.25, 0.3) is 5.91 Å².